The molecule has 6 nitrogen and oxygen atoms in total. The molecule has 1 aliphatic rings. The third-order valence-corrected chi connectivity index (χ3v) is 4.55. The highest BCUT2D eigenvalue weighted by Gasteiger charge is 2.24. The van der Waals surface area contributed by atoms with Crippen LogP contribution in [0.4, 0.5) is 5.69 Å². The normalized spacial score (nSPS) is 22.9. The molecule has 0 radical (unpaired) electrons. The smallest absolute Gasteiger partial charge is 0.263 e. The molecule has 7 heteroatoms. The molecule has 106 valence electrons. The fourth-order valence-electron chi connectivity index (χ4n) is 2.42. The molecule has 1 amide bonds. The number of aromatic nitrogens is 2. The van der Waals surface area contributed by atoms with Crippen LogP contribution in [-0.4, -0.2) is 34.9 Å². The lowest BCUT2D eigenvalue weighted by atomic mass is 10.0. The predicted octanol–water partition coefficient (Wildman–Crippen LogP) is 1.57. The van der Waals surface area contributed by atoms with Crippen molar-refractivity contribution in [3.05, 3.63) is 17.1 Å². The molecule has 1 fully saturated rings. The minimum atomic E-state index is -0.135. The van der Waals surface area contributed by atoms with Crippen molar-refractivity contribution in [3.63, 3.8) is 0 Å². The van der Waals surface area contributed by atoms with Gasteiger partial charge >= 0.3 is 0 Å². The lowest BCUT2D eigenvalue weighted by molar-refractivity contribution is 0.0137. The van der Waals surface area contributed by atoms with Crippen LogP contribution in [0.3, 0.4) is 0 Å². The van der Waals surface area contributed by atoms with Crippen LogP contribution in [0, 0.1) is 0 Å². The van der Waals surface area contributed by atoms with Gasteiger partial charge < -0.3 is 15.8 Å². The van der Waals surface area contributed by atoms with E-state index in [-0.39, 0.29) is 18.1 Å². The molecule has 0 bridgehead atoms. The van der Waals surface area contributed by atoms with Crippen LogP contribution in [0.15, 0.2) is 12.3 Å². The van der Waals surface area contributed by atoms with E-state index in [4.69, 9.17) is 10.5 Å². The summed E-state index contributed by atoms with van der Waals surface area (Å²) in [5, 5.41) is 11.6. The number of fused-ring (bicyclic) bond motifs is 1. The molecule has 3 heterocycles. The number of rotatable bonds is 2. The third-order valence-electron chi connectivity index (χ3n) is 3.45. The lowest BCUT2D eigenvalue weighted by Crippen LogP contribution is -2.41. The van der Waals surface area contributed by atoms with Crippen molar-refractivity contribution in [1.82, 2.24) is 15.5 Å². The number of hydrogen-bond donors (Lipinski definition) is 2. The van der Waals surface area contributed by atoms with Crippen molar-refractivity contribution in [2.24, 2.45) is 0 Å². The van der Waals surface area contributed by atoms with Crippen LogP contribution in [-0.2, 0) is 4.74 Å². The molecule has 2 unspecified atom stereocenters. The van der Waals surface area contributed by atoms with Gasteiger partial charge in [0, 0.05) is 18.0 Å². The summed E-state index contributed by atoms with van der Waals surface area (Å²) in [6, 6.07) is 1.92. The van der Waals surface area contributed by atoms with Gasteiger partial charge in [0.2, 0.25) is 0 Å². The maximum Gasteiger partial charge on any atom is 0.263 e. The van der Waals surface area contributed by atoms with E-state index in [1.54, 1.807) is 12.3 Å². The second-order valence-electron chi connectivity index (χ2n) is 4.97. The van der Waals surface area contributed by atoms with E-state index in [0.717, 1.165) is 18.2 Å². The minimum Gasteiger partial charge on any atom is -0.397 e. The summed E-state index contributed by atoms with van der Waals surface area (Å²) in [5.41, 5.74) is 6.51. The Hall–Kier alpha value is -1.73. The van der Waals surface area contributed by atoms with Crippen molar-refractivity contribution in [2.45, 2.75) is 31.9 Å². The number of thiophene rings is 1. The summed E-state index contributed by atoms with van der Waals surface area (Å²) in [7, 11) is 0. The number of nitrogen functional groups attached to an aromatic ring is 1. The van der Waals surface area contributed by atoms with Gasteiger partial charge in [-0.2, -0.15) is 5.10 Å². The number of nitrogens with two attached hydrogens (primary N) is 1. The summed E-state index contributed by atoms with van der Waals surface area (Å²) in [6.45, 7) is 2.70. The highest BCUT2D eigenvalue weighted by molar-refractivity contribution is 7.21. The zero-order valence-electron chi connectivity index (χ0n) is 11.1. The van der Waals surface area contributed by atoms with Gasteiger partial charge in [0.25, 0.3) is 5.91 Å². The monoisotopic (exact) mass is 292 g/mol. The van der Waals surface area contributed by atoms with Crippen LogP contribution in [0.2, 0.25) is 0 Å². The Morgan fingerprint density at radius 3 is 3.20 bits per heavy atom. The van der Waals surface area contributed by atoms with Crippen LogP contribution < -0.4 is 11.1 Å². The number of nitrogens with zero attached hydrogens (tertiary/aromatic N) is 2. The molecule has 2 aromatic rings. The molecule has 0 aliphatic carbocycles. The van der Waals surface area contributed by atoms with Gasteiger partial charge in [0.05, 0.1) is 18.0 Å². The van der Waals surface area contributed by atoms with Gasteiger partial charge in [-0.15, -0.1) is 16.4 Å². The highest BCUT2D eigenvalue weighted by Crippen LogP contribution is 2.31. The molecule has 3 N–H and O–H groups in total. The standard InChI is InChI=1S/C13H16N4O2S/c1-7-6-8(3-5-19-7)16-12(18)11-10(14)9-2-4-15-17-13(9)20-11/h2,4,7-8H,3,5-6,14H2,1H3,(H,16,18). The molecular formula is C13H16N4O2S. The quantitative estimate of drug-likeness (QED) is 0.877. The first-order valence-corrected chi connectivity index (χ1v) is 7.39. The topological polar surface area (TPSA) is 90.1 Å². The van der Waals surface area contributed by atoms with Gasteiger partial charge in [-0.1, -0.05) is 0 Å². The zero-order chi connectivity index (χ0) is 14.1. The fraction of sp³-hybridized carbons (Fsp3) is 0.462. The molecule has 1 saturated heterocycles. The average molecular weight is 292 g/mol. The first kappa shape index (κ1) is 13.3. The minimum absolute atomic E-state index is 0.135. The van der Waals surface area contributed by atoms with Gasteiger partial charge in [-0.05, 0) is 25.8 Å². The second-order valence-corrected chi connectivity index (χ2v) is 5.97. The number of ether oxygens (including phenoxy) is 1. The molecule has 0 aromatic carbocycles. The Labute approximate surface area is 120 Å². The summed E-state index contributed by atoms with van der Waals surface area (Å²) < 4.78 is 5.48. The first-order chi connectivity index (χ1) is 9.65. The van der Waals surface area contributed by atoms with Gasteiger partial charge in [-0.25, -0.2) is 0 Å². The molecule has 20 heavy (non-hydrogen) atoms. The number of anilines is 1. The SMILES string of the molecule is CC1CC(NC(=O)c2sc3nnccc3c2N)CCO1. The maximum atomic E-state index is 12.3. The van der Waals surface area contributed by atoms with E-state index in [2.05, 4.69) is 15.5 Å². The Morgan fingerprint density at radius 2 is 2.45 bits per heavy atom. The summed E-state index contributed by atoms with van der Waals surface area (Å²) in [6.07, 6.45) is 3.42. The number of hydrogen-bond acceptors (Lipinski definition) is 6. The van der Waals surface area contributed by atoms with Crippen molar-refractivity contribution >= 4 is 33.1 Å². The average Bonchev–Trinajstić information content (AvgIpc) is 2.77. The Kier molecular flexibility index (Phi) is 3.54. The molecule has 2 atom stereocenters. The van der Waals surface area contributed by atoms with Crippen LogP contribution in [0.5, 0.6) is 0 Å². The molecule has 1 aliphatic heterocycles. The number of nitrogens with one attached hydrogen (secondary N) is 1. The molecule has 2 aromatic heterocycles. The highest BCUT2D eigenvalue weighted by atomic mass is 32.1. The molecular weight excluding hydrogens is 276 g/mol. The number of carbonyl (C=O) groups is 1. The van der Waals surface area contributed by atoms with E-state index >= 15 is 0 Å². The molecule has 0 spiro atoms. The summed E-state index contributed by atoms with van der Waals surface area (Å²) in [5.74, 6) is -0.135. The maximum absolute atomic E-state index is 12.3. The van der Waals surface area contributed by atoms with Crippen LogP contribution in [0.25, 0.3) is 10.2 Å². The third kappa shape index (κ3) is 2.46. The van der Waals surface area contributed by atoms with Crippen LogP contribution in [0.1, 0.15) is 29.4 Å². The van der Waals surface area contributed by atoms with Crippen molar-refractivity contribution < 1.29 is 9.53 Å². The largest absolute Gasteiger partial charge is 0.397 e. The van der Waals surface area contributed by atoms with E-state index in [9.17, 15) is 4.79 Å². The molecule has 3 rings (SSSR count). The lowest BCUT2D eigenvalue weighted by Gasteiger charge is -2.27. The number of amides is 1. The van der Waals surface area contributed by atoms with Gasteiger partial charge in [0.1, 0.15) is 9.71 Å². The summed E-state index contributed by atoms with van der Waals surface area (Å²) in [4.78, 5) is 13.5. The van der Waals surface area contributed by atoms with Crippen molar-refractivity contribution in [2.75, 3.05) is 12.3 Å². The second kappa shape index (κ2) is 5.34. The van der Waals surface area contributed by atoms with E-state index in [0.29, 0.717) is 22.0 Å². The van der Waals surface area contributed by atoms with Crippen molar-refractivity contribution in [1.29, 1.82) is 0 Å². The van der Waals surface area contributed by atoms with Gasteiger partial charge in [0.15, 0.2) is 0 Å². The predicted molar refractivity (Wildman–Crippen MR) is 77.7 cm³/mol. The Balaban J connectivity index is 1.80. The fourth-order valence-corrected chi connectivity index (χ4v) is 3.36. The molecule has 0 saturated carbocycles. The van der Waals surface area contributed by atoms with Gasteiger partial charge in [-0.3, -0.25) is 4.79 Å². The zero-order valence-corrected chi connectivity index (χ0v) is 11.9. The van der Waals surface area contributed by atoms with E-state index in [1.165, 1.54) is 11.3 Å². The van der Waals surface area contributed by atoms with E-state index in [1.807, 2.05) is 6.92 Å². The Morgan fingerprint density at radius 1 is 1.60 bits per heavy atom. The van der Waals surface area contributed by atoms with Crippen molar-refractivity contribution in [3.8, 4) is 0 Å². The van der Waals surface area contributed by atoms with Crippen LogP contribution >= 0.6 is 11.3 Å². The Bertz CT molecular complexity index is 642. The summed E-state index contributed by atoms with van der Waals surface area (Å²) >= 11 is 1.28. The number of carbonyl (C=O) groups excluding carboxylic acids is 1. The first-order valence-electron chi connectivity index (χ1n) is 6.57. The van der Waals surface area contributed by atoms with E-state index < -0.39 is 0 Å².